The van der Waals surface area contributed by atoms with Crippen molar-refractivity contribution >= 4 is 57.8 Å². The Kier molecular flexibility index (Phi) is 7.37. The lowest BCUT2D eigenvalue weighted by molar-refractivity contribution is -0.384. The van der Waals surface area contributed by atoms with Crippen molar-refractivity contribution in [2.45, 2.75) is 13.5 Å². The molecule has 4 rings (SSSR count). The predicted octanol–water partition coefficient (Wildman–Crippen LogP) is 6.09. The highest BCUT2D eigenvalue weighted by Gasteiger charge is 2.26. The summed E-state index contributed by atoms with van der Waals surface area (Å²) in [5.41, 5.74) is 2.85. The van der Waals surface area contributed by atoms with Crippen LogP contribution in [0.15, 0.2) is 65.3 Å². The maximum absolute atomic E-state index is 12.4. The molecule has 0 bridgehead atoms. The Hall–Kier alpha value is -3.44. The van der Waals surface area contributed by atoms with Crippen LogP contribution in [0.5, 0.6) is 11.5 Å². The summed E-state index contributed by atoms with van der Waals surface area (Å²) in [6.45, 7) is 2.40. The summed E-state index contributed by atoms with van der Waals surface area (Å²) in [6, 6.07) is 15.6. The molecule has 1 heterocycles. The average molecular weight is 605 g/mol. The van der Waals surface area contributed by atoms with E-state index in [1.165, 1.54) is 25.3 Å². The van der Waals surface area contributed by atoms with Gasteiger partial charge in [0.1, 0.15) is 11.6 Å². The van der Waals surface area contributed by atoms with Crippen LogP contribution in [0.3, 0.4) is 0 Å². The number of aryl methyl sites for hydroxylation is 1. The van der Waals surface area contributed by atoms with Crippen molar-refractivity contribution < 1.29 is 23.9 Å². The van der Waals surface area contributed by atoms with Crippen LogP contribution in [-0.4, -0.2) is 23.9 Å². The highest BCUT2D eigenvalue weighted by Crippen LogP contribution is 2.36. The molecule has 0 unspecified atom stereocenters. The topological polar surface area (TPSA) is 100 Å². The molecule has 0 aromatic heterocycles. The zero-order valence-electron chi connectivity index (χ0n) is 18.6. The van der Waals surface area contributed by atoms with Crippen molar-refractivity contribution in [3.8, 4) is 11.5 Å². The fraction of sp³-hybridized carbons (Fsp3) is 0.120. The quantitative estimate of drug-likeness (QED) is 0.106. The third-order valence-corrected chi connectivity index (χ3v) is 6.32. The van der Waals surface area contributed by atoms with E-state index < -0.39 is 10.9 Å². The number of aliphatic imine (C=N–C) groups is 1. The Morgan fingerprint density at radius 3 is 2.69 bits per heavy atom. The van der Waals surface area contributed by atoms with Crippen LogP contribution in [0.25, 0.3) is 6.08 Å². The first kappa shape index (κ1) is 24.7. The molecule has 0 saturated heterocycles. The standard InChI is InChI=1S/C25H18ClIN2O6/c1-14-5-3-4-6-17(14)13-34-23-19(27)9-15(11-22(23)33-2)10-20-25(30)35-24(28-20)16-7-8-18(26)21(12-16)29(31)32/h3-12H,13H2,1-2H3/b20-10-. The van der Waals surface area contributed by atoms with Crippen molar-refractivity contribution in [1.82, 2.24) is 0 Å². The highest BCUT2D eigenvalue weighted by atomic mass is 127. The Morgan fingerprint density at radius 2 is 1.97 bits per heavy atom. The number of esters is 1. The van der Waals surface area contributed by atoms with Gasteiger partial charge >= 0.3 is 5.97 Å². The van der Waals surface area contributed by atoms with Crippen LogP contribution in [-0.2, 0) is 16.1 Å². The van der Waals surface area contributed by atoms with E-state index in [1.54, 1.807) is 12.1 Å². The van der Waals surface area contributed by atoms with Gasteiger partial charge in [-0.15, -0.1) is 0 Å². The number of nitrogens with zero attached hydrogens (tertiary/aromatic N) is 2. The Balaban J connectivity index is 1.61. The van der Waals surface area contributed by atoms with Crippen molar-refractivity contribution in [2.24, 2.45) is 4.99 Å². The van der Waals surface area contributed by atoms with Gasteiger partial charge in [0.05, 0.1) is 15.6 Å². The Labute approximate surface area is 219 Å². The lowest BCUT2D eigenvalue weighted by atomic mass is 10.1. The summed E-state index contributed by atoms with van der Waals surface area (Å²) >= 11 is 8.00. The summed E-state index contributed by atoms with van der Waals surface area (Å²) in [5.74, 6) is 0.374. The molecule has 0 radical (unpaired) electrons. The van der Waals surface area contributed by atoms with E-state index in [4.69, 9.17) is 25.8 Å². The molecule has 0 amide bonds. The molecule has 0 saturated carbocycles. The van der Waals surface area contributed by atoms with Crippen LogP contribution in [0, 0.1) is 20.6 Å². The van der Waals surface area contributed by atoms with E-state index in [0.717, 1.165) is 14.7 Å². The second kappa shape index (κ2) is 10.4. The maximum atomic E-state index is 12.4. The van der Waals surface area contributed by atoms with Crippen LogP contribution in [0.1, 0.15) is 22.3 Å². The first-order valence-corrected chi connectivity index (χ1v) is 11.7. The minimum Gasteiger partial charge on any atom is -0.493 e. The van der Waals surface area contributed by atoms with Gasteiger partial charge in [0.2, 0.25) is 5.90 Å². The fourth-order valence-corrected chi connectivity index (χ4v) is 4.33. The van der Waals surface area contributed by atoms with Gasteiger partial charge in [-0.25, -0.2) is 9.79 Å². The molecular formula is C25H18ClIN2O6. The minimum absolute atomic E-state index is 0.0224. The molecule has 0 atom stereocenters. The lowest BCUT2D eigenvalue weighted by Crippen LogP contribution is -2.06. The zero-order chi connectivity index (χ0) is 25.1. The van der Waals surface area contributed by atoms with Crippen LogP contribution < -0.4 is 9.47 Å². The molecule has 8 nitrogen and oxygen atoms in total. The van der Waals surface area contributed by atoms with Crippen molar-refractivity contribution in [3.05, 3.63) is 101 Å². The molecule has 178 valence electrons. The Bertz CT molecular complexity index is 1400. The van der Waals surface area contributed by atoms with E-state index in [0.29, 0.717) is 23.7 Å². The molecule has 3 aromatic rings. The maximum Gasteiger partial charge on any atom is 0.363 e. The van der Waals surface area contributed by atoms with E-state index in [1.807, 2.05) is 37.3 Å². The Morgan fingerprint density at radius 1 is 1.20 bits per heavy atom. The van der Waals surface area contributed by atoms with Gasteiger partial charge in [-0.1, -0.05) is 35.9 Å². The van der Waals surface area contributed by atoms with E-state index in [2.05, 4.69) is 27.6 Å². The smallest absolute Gasteiger partial charge is 0.363 e. The van der Waals surface area contributed by atoms with Gasteiger partial charge in [-0.2, -0.15) is 0 Å². The predicted molar refractivity (Wildman–Crippen MR) is 140 cm³/mol. The highest BCUT2D eigenvalue weighted by molar-refractivity contribution is 14.1. The van der Waals surface area contributed by atoms with Gasteiger partial charge in [0, 0.05) is 11.6 Å². The monoisotopic (exact) mass is 604 g/mol. The average Bonchev–Trinajstić information content (AvgIpc) is 3.19. The molecule has 0 aliphatic carbocycles. The first-order chi connectivity index (χ1) is 16.8. The number of carbonyl (C=O) groups is 1. The van der Waals surface area contributed by atoms with Crippen LogP contribution >= 0.6 is 34.2 Å². The number of benzene rings is 3. The zero-order valence-corrected chi connectivity index (χ0v) is 21.5. The summed E-state index contributed by atoms with van der Waals surface area (Å²) in [6.07, 6.45) is 1.55. The summed E-state index contributed by atoms with van der Waals surface area (Å²) in [7, 11) is 1.54. The minimum atomic E-state index is -0.675. The number of nitro benzene ring substituents is 1. The molecule has 1 aliphatic heterocycles. The fourth-order valence-electron chi connectivity index (χ4n) is 3.36. The van der Waals surface area contributed by atoms with Gasteiger partial charge < -0.3 is 14.2 Å². The molecule has 0 N–H and O–H groups in total. The van der Waals surface area contributed by atoms with E-state index in [9.17, 15) is 14.9 Å². The number of ether oxygens (including phenoxy) is 3. The molecule has 0 spiro atoms. The molecular weight excluding hydrogens is 587 g/mol. The van der Waals surface area contributed by atoms with Gasteiger partial charge in [-0.05, 0) is 76.5 Å². The molecule has 3 aromatic carbocycles. The molecule has 1 aliphatic rings. The largest absolute Gasteiger partial charge is 0.493 e. The summed E-state index contributed by atoms with van der Waals surface area (Å²) in [5, 5.41) is 11.1. The SMILES string of the molecule is COc1cc(/C=C2\N=C(c3ccc(Cl)c([N+](=O)[O-])c3)OC2=O)cc(I)c1OCc1ccccc1C. The van der Waals surface area contributed by atoms with E-state index >= 15 is 0 Å². The molecule has 0 fully saturated rings. The van der Waals surface area contributed by atoms with Crippen LogP contribution in [0.4, 0.5) is 5.69 Å². The third kappa shape index (κ3) is 5.46. The first-order valence-electron chi connectivity index (χ1n) is 10.3. The second-order valence-electron chi connectivity index (χ2n) is 7.51. The normalized spacial score (nSPS) is 14.0. The van der Waals surface area contributed by atoms with Gasteiger partial charge in [0.25, 0.3) is 5.69 Å². The second-order valence-corrected chi connectivity index (χ2v) is 9.08. The third-order valence-electron chi connectivity index (χ3n) is 5.20. The van der Waals surface area contributed by atoms with Crippen molar-refractivity contribution in [2.75, 3.05) is 7.11 Å². The van der Waals surface area contributed by atoms with Gasteiger partial charge in [0.15, 0.2) is 17.2 Å². The number of hydrogen-bond donors (Lipinski definition) is 0. The number of carbonyl (C=O) groups excluding carboxylic acids is 1. The summed E-state index contributed by atoms with van der Waals surface area (Å²) in [4.78, 5) is 27.2. The molecule has 35 heavy (non-hydrogen) atoms. The number of methoxy groups -OCH3 is 1. The van der Waals surface area contributed by atoms with Crippen molar-refractivity contribution in [1.29, 1.82) is 0 Å². The van der Waals surface area contributed by atoms with E-state index in [-0.39, 0.29) is 27.9 Å². The number of cyclic esters (lactones) is 1. The number of rotatable bonds is 7. The van der Waals surface area contributed by atoms with Crippen LogP contribution in [0.2, 0.25) is 5.02 Å². The van der Waals surface area contributed by atoms with Gasteiger partial charge in [-0.3, -0.25) is 10.1 Å². The number of nitro groups is 1. The lowest BCUT2D eigenvalue weighted by Gasteiger charge is -2.14. The number of halogens is 2. The number of hydrogen-bond acceptors (Lipinski definition) is 7. The molecule has 10 heteroatoms. The van der Waals surface area contributed by atoms with Crippen molar-refractivity contribution in [3.63, 3.8) is 0 Å². The summed E-state index contributed by atoms with van der Waals surface area (Å²) < 4.78 is 17.6.